The number of ether oxygens (including phenoxy) is 1. The number of methoxy groups -OCH3 is 1. The standard InChI is InChI=1S/C23H25N5O8S/c1-35-23(30)21-22-19(13-25-26(22)11-12-29)20(14-24-21)28(36-15-16-5-3-2-4-6-16)37(33,34)18-9-7-17(8-10-18)27(31)32/h2-10,13,20-21,24,29H,11-12,14-15H2,1H3. The molecular formula is C23H25N5O8S. The molecule has 0 saturated carbocycles. The number of hydrogen-bond donors (Lipinski definition) is 2. The fourth-order valence-corrected chi connectivity index (χ4v) is 5.48. The molecule has 0 bridgehead atoms. The monoisotopic (exact) mass is 531 g/mol. The Bertz CT molecular complexity index is 1360. The van der Waals surface area contributed by atoms with Gasteiger partial charge in [-0.05, 0) is 17.7 Å². The van der Waals surface area contributed by atoms with Crippen molar-refractivity contribution in [2.24, 2.45) is 0 Å². The molecule has 1 aromatic heterocycles. The molecule has 2 aromatic carbocycles. The Labute approximate surface area is 212 Å². The number of hydrogen-bond acceptors (Lipinski definition) is 10. The van der Waals surface area contributed by atoms with Crippen molar-refractivity contribution in [1.82, 2.24) is 19.6 Å². The summed E-state index contributed by atoms with van der Waals surface area (Å²) in [4.78, 5) is 28.6. The zero-order valence-corrected chi connectivity index (χ0v) is 20.6. The van der Waals surface area contributed by atoms with E-state index in [1.54, 1.807) is 24.3 Å². The van der Waals surface area contributed by atoms with Crippen molar-refractivity contribution in [2.75, 3.05) is 20.3 Å². The van der Waals surface area contributed by atoms with Gasteiger partial charge in [0.2, 0.25) is 0 Å². The average molecular weight is 532 g/mol. The molecule has 2 unspecified atom stereocenters. The maximum absolute atomic E-state index is 13.8. The van der Waals surface area contributed by atoms with Crippen LogP contribution in [0.3, 0.4) is 0 Å². The smallest absolute Gasteiger partial charge is 0.329 e. The van der Waals surface area contributed by atoms with Crippen LogP contribution in [0, 0.1) is 10.1 Å². The number of hydroxylamine groups is 1. The third-order valence-corrected chi connectivity index (χ3v) is 7.55. The number of benzene rings is 2. The molecule has 0 aliphatic carbocycles. The van der Waals surface area contributed by atoms with E-state index < -0.39 is 33.0 Å². The Balaban J connectivity index is 1.78. The number of rotatable bonds is 10. The summed E-state index contributed by atoms with van der Waals surface area (Å²) in [5.74, 6) is -0.602. The Morgan fingerprint density at radius 2 is 1.95 bits per heavy atom. The highest BCUT2D eigenvalue weighted by Gasteiger charge is 2.43. The first-order valence-corrected chi connectivity index (χ1v) is 12.6. The second-order valence-corrected chi connectivity index (χ2v) is 9.86. The van der Waals surface area contributed by atoms with E-state index >= 15 is 0 Å². The fourth-order valence-electron chi connectivity index (χ4n) is 4.07. The van der Waals surface area contributed by atoms with Crippen LogP contribution in [0.5, 0.6) is 0 Å². The summed E-state index contributed by atoms with van der Waals surface area (Å²) >= 11 is 0. The van der Waals surface area contributed by atoms with Crippen LogP contribution in [0.25, 0.3) is 0 Å². The lowest BCUT2D eigenvalue weighted by Crippen LogP contribution is -2.46. The number of carbonyl (C=O) groups is 1. The number of non-ortho nitro benzene ring substituents is 1. The molecule has 0 radical (unpaired) electrons. The van der Waals surface area contributed by atoms with Gasteiger partial charge in [0.05, 0.1) is 54.6 Å². The largest absolute Gasteiger partial charge is 0.468 e. The number of fused-ring (bicyclic) bond motifs is 1. The van der Waals surface area contributed by atoms with Crippen LogP contribution in [0.1, 0.15) is 28.9 Å². The van der Waals surface area contributed by atoms with Crippen molar-refractivity contribution >= 4 is 21.7 Å². The van der Waals surface area contributed by atoms with E-state index in [1.165, 1.54) is 18.0 Å². The van der Waals surface area contributed by atoms with Gasteiger partial charge in [-0.15, -0.1) is 0 Å². The zero-order chi connectivity index (χ0) is 26.6. The number of esters is 1. The number of aliphatic hydroxyl groups excluding tert-OH is 1. The predicted octanol–water partition coefficient (Wildman–Crippen LogP) is 1.46. The van der Waals surface area contributed by atoms with Crippen LogP contribution in [-0.4, -0.2) is 58.9 Å². The molecule has 0 saturated heterocycles. The normalized spacial score (nSPS) is 17.4. The van der Waals surface area contributed by atoms with Crippen LogP contribution >= 0.6 is 0 Å². The molecule has 4 rings (SSSR count). The molecule has 13 nitrogen and oxygen atoms in total. The van der Waals surface area contributed by atoms with Gasteiger partial charge in [0.25, 0.3) is 15.7 Å². The Morgan fingerprint density at radius 1 is 1.24 bits per heavy atom. The number of nitro groups is 1. The molecule has 2 heterocycles. The van der Waals surface area contributed by atoms with Crippen LogP contribution in [0.2, 0.25) is 0 Å². The molecule has 196 valence electrons. The molecule has 2 N–H and O–H groups in total. The minimum absolute atomic E-state index is 0.0292. The first kappa shape index (κ1) is 26.4. The third kappa shape index (κ3) is 5.38. The number of carbonyl (C=O) groups excluding carboxylic acids is 1. The number of aromatic nitrogens is 2. The van der Waals surface area contributed by atoms with Gasteiger partial charge in [-0.2, -0.15) is 5.10 Å². The third-order valence-electron chi connectivity index (χ3n) is 5.84. The molecule has 0 spiro atoms. The summed E-state index contributed by atoms with van der Waals surface area (Å²) in [5.41, 5.74) is 1.17. The topological polar surface area (TPSA) is 166 Å². The highest BCUT2D eigenvalue weighted by Crippen LogP contribution is 2.37. The van der Waals surface area contributed by atoms with Crippen molar-refractivity contribution < 1.29 is 32.8 Å². The van der Waals surface area contributed by atoms with E-state index in [-0.39, 0.29) is 36.9 Å². The van der Waals surface area contributed by atoms with Gasteiger partial charge >= 0.3 is 5.97 Å². The summed E-state index contributed by atoms with van der Waals surface area (Å²) in [6.45, 7) is -0.318. The van der Waals surface area contributed by atoms with Gasteiger partial charge in [0.1, 0.15) is 6.04 Å². The van der Waals surface area contributed by atoms with Crippen LogP contribution in [0.15, 0.2) is 65.7 Å². The number of nitro benzene ring substituents is 1. The molecule has 1 aliphatic heterocycles. The number of sulfonamides is 1. The summed E-state index contributed by atoms with van der Waals surface area (Å²) in [7, 11) is -3.12. The minimum Gasteiger partial charge on any atom is -0.468 e. The van der Waals surface area contributed by atoms with Gasteiger partial charge in [-0.1, -0.05) is 34.8 Å². The van der Waals surface area contributed by atoms with E-state index in [4.69, 9.17) is 9.57 Å². The summed E-state index contributed by atoms with van der Waals surface area (Å²) in [6.07, 6.45) is 1.43. The first-order chi connectivity index (χ1) is 17.8. The van der Waals surface area contributed by atoms with Crippen molar-refractivity contribution in [1.29, 1.82) is 0 Å². The van der Waals surface area contributed by atoms with E-state index in [1.807, 2.05) is 6.07 Å². The highest BCUT2D eigenvalue weighted by atomic mass is 32.2. The van der Waals surface area contributed by atoms with Crippen molar-refractivity contribution in [3.63, 3.8) is 0 Å². The maximum atomic E-state index is 13.8. The second kappa shape index (κ2) is 11.1. The molecule has 37 heavy (non-hydrogen) atoms. The lowest BCUT2D eigenvalue weighted by molar-refractivity contribution is -0.384. The zero-order valence-electron chi connectivity index (χ0n) is 19.8. The molecular weight excluding hydrogens is 506 g/mol. The summed E-state index contributed by atoms with van der Waals surface area (Å²) in [6, 6.07) is 11.5. The van der Waals surface area contributed by atoms with Gasteiger partial charge in [0, 0.05) is 24.2 Å². The number of nitrogens with zero attached hydrogens (tertiary/aromatic N) is 4. The molecule has 1 aliphatic rings. The van der Waals surface area contributed by atoms with Gasteiger partial charge < -0.3 is 9.84 Å². The van der Waals surface area contributed by atoms with E-state index in [9.17, 15) is 28.4 Å². The number of aliphatic hydroxyl groups is 1. The SMILES string of the molecule is COC(=O)C1NCC(N(OCc2ccccc2)S(=O)(=O)c2ccc([N+](=O)[O-])cc2)c2cnn(CCO)c21. The number of nitrogens with one attached hydrogen (secondary N) is 1. The highest BCUT2D eigenvalue weighted by molar-refractivity contribution is 7.89. The predicted molar refractivity (Wildman–Crippen MR) is 128 cm³/mol. The van der Waals surface area contributed by atoms with Crippen molar-refractivity contribution in [3.05, 3.63) is 87.7 Å². The lowest BCUT2D eigenvalue weighted by atomic mass is 9.98. The minimum atomic E-state index is -4.36. The molecule has 14 heteroatoms. The van der Waals surface area contributed by atoms with E-state index in [2.05, 4.69) is 10.4 Å². The molecule has 3 aromatic rings. The van der Waals surface area contributed by atoms with Gasteiger partial charge in [-0.3, -0.25) is 25.0 Å². The Hall–Kier alpha value is -3.69. The maximum Gasteiger partial charge on any atom is 0.329 e. The van der Waals surface area contributed by atoms with E-state index in [0.717, 1.165) is 28.7 Å². The first-order valence-electron chi connectivity index (χ1n) is 11.2. The quantitative estimate of drug-likeness (QED) is 0.222. The molecule has 0 fully saturated rings. The fraction of sp³-hybridized carbons (Fsp3) is 0.304. The van der Waals surface area contributed by atoms with Crippen molar-refractivity contribution in [3.8, 4) is 0 Å². The van der Waals surface area contributed by atoms with Crippen LogP contribution in [0.4, 0.5) is 5.69 Å². The van der Waals surface area contributed by atoms with Crippen LogP contribution in [-0.2, 0) is 37.5 Å². The van der Waals surface area contributed by atoms with E-state index in [0.29, 0.717) is 16.8 Å². The molecule has 2 atom stereocenters. The summed E-state index contributed by atoms with van der Waals surface area (Å²) in [5, 5.41) is 27.8. The summed E-state index contributed by atoms with van der Waals surface area (Å²) < 4.78 is 34.7. The Morgan fingerprint density at radius 3 is 2.57 bits per heavy atom. The second-order valence-electron chi connectivity index (χ2n) is 8.08. The van der Waals surface area contributed by atoms with Crippen molar-refractivity contribution in [2.45, 2.75) is 30.1 Å². The Kier molecular flexibility index (Phi) is 7.94. The molecule has 0 amide bonds. The van der Waals surface area contributed by atoms with Gasteiger partial charge in [-0.25, -0.2) is 13.2 Å². The van der Waals surface area contributed by atoms with Gasteiger partial charge in [0.15, 0.2) is 0 Å². The van der Waals surface area contributed by atoms with Crippen LogP contribution < -0.4 is 5.32 Å². The lowest BCUT2D eigenvalue weighted by Gasteiger charge is -2.35. The average Bonchev–Trinajstić information content (AvgIpc) is 3.33.